The van der Waals surface area contributed by atoms with E-state index >= 15 is 0 Å². The highest BCUT2D eigenvalue weighted by Gasteiger charge is 2.24. The molecular formula is C46H38N6. The predicted octanol–water partition coefficient (Wildman–Crippen LogP) is 10.8. The molecular weight excluding hydrogens is 637 g/mol. The van der Waals surface area contributed by atoms with Crippen molar-refractivity contribution >= 4 is 5.57 Å². The van der Waals surface area contributed by atoms with Crippen molar-refractivity contribution in [3.05, 3.63) is 175 Å². The van der Waals surface area contributed by atoms with E-state index in [2.05, 4.69) is 80.6 Å². The summed E-state index contributed by atoms with van der Waals surface area (Å²) in [6.45, 7) is 4.50. The molecule has 2 heterocycles. The summed E-state index contributed by atoms with van der Waals surface area (Å²) >= 11 is 0. The van der Waals surface area contributed by atoms with Crippen LogP contribution in [0.2, 0.25) is 0 Å². The maximum Gasteiger partial charge on any atom is 0.164 e. The molecule has 0 N–H and O–H groups in total. The van der Waals surface area contributed by atoms with Gasteiger partial charge in [-0.3, -0.25) is 0 Å². The van der Waals surface area contributed by atoms with E-state index in [1.165, 1.54) is 11.1 Å². The standard InChI is InChI=1S/C46H38N6/c1-46(2,39-30-26-37(27-31-39)45-51-42(34-20-12-6-13-21-34)48-43(52-45)35-22-14-7-15-23-35)38-28-24-36(25-29-38)44-49-40(32-16-8-3-4-9-17-32)47-41(50-44)33-18-10-5-11-19-33/h5-8,10-31H,3-4,9H2,1-2H3. The van der Waals surface area contributed by atoms with Gasteiger partial charge in [-0.25, -0.2) is 29.9 Å². The van der Waals surface area contributed by atoms with Crippen LogP contribution in [0.5, 0.6) is 0 Å². The molecule has 5 aromatic carbocycles. The molecule has 0 saturated heterocycles. The Kier molecular flexibility index (Phi) is 9.11. The third kappa shape index (κ3) is 6.96. The van der Waals surface area contributed by atoms with Gasteiger partial charge in [-0.2, -0.15) is 0 Å². The first-order valence-electron chi connectivity index (χ1n) is 17.8. The van der Waals surface area contributed by atoms with Gasteiger partial charge in [0.2, 0.25) is 0 Å². The van der Waals surface area contributed by atoms with Crippen LogP contribution >= 0.6 is 0 Å². The fourth-order valence-corrected chi connectivity index (χ4v) is 6.46. The van der Waals surface area contributed by atoms with Crippen LogP contribution in [0.3, 0.4) is 0 Å². The lowest BCUT2D eigenvalue weighted by Crippen LogP contribution is -2.18. The van der Waals surface area contributed by atoms with Crippen molar-refractivity contribution in [2.45, 2.75) is 38.5 Å². The van der Waals surface area contributed by atoms with Gasteiger partial charge in [-0.05, 0) is 30.4 Å². The van der Waals surface area contributed by atoms with E-state index in [0.717, 1.165) is 52.7 Å². The number of hydrogen-bond acceptors (Lipinski definition) is 6. The zero-order valence-corrected chi connectivity index (χ0v) is 29.3. The lowest BCUT2D eigenvalue weighted by atomic mass is 9.77. The van der Waals surface area contributed by atoms with Crippen LogP contribution in [0.25, 0.3) is 62.5 Å². The number of hydrogen-bond donors (Lipinski definition) is 0. The Labute approximate surface area is 304 Å². The first-order valence-corrected chi connectivity index (χ1v) is 17.8. The van der Waals surface area contributed by atoms with Crippen molar-refractivity contribution in [1.82, 2.24) is 29.9 Å². The highest BCUT2D eigenvalue weighted by Crippen LogP contribution is 2.34. The Bertz CT molecular complexity index is 2310. The van der Waals surface area contributed by atoms with Crippen LogP contribution in [0, 0.1) is 0 Å². The minimum absolute atomic E-state index is 0.268. The van der Waals surface area contributed by atoms with Crippen LogP contribution in [0.1, 0.15) is 50.1 Å². The molecule has 0 saturated carbocycles. The van der Waals surface area contributed by atoms with Gasteiger partial charge in [-0.15, -0.1) is 0 Å². The molecule has 1 aliphatic rings. The smallest absolute Gasteiger partial charge is 0.164 e. The van der Waals surface area contributed by atoms with Gasteiger partial charge in [0.15, 0.2) is 34.9 Å². The SMILES string of the molecule is CC(C)(c1ccc(-c2nc(C3=CCCCC=C3)nc(-c3ccccc3)n2)cc1)c1ccc(-c2nc(-c3ccccc3)nc(-c3ccccc3)n2)cc1. The van der Waals surface area contributed by atoms with Gasteiger partial charge >= 0.3 is 0 Å². The van der Waals surface area contributed by atoms with Crippen molar-refractivity contribution in [3.63, 3.8) is 0 Å². The average molecular weight is 675 g/mol. The average Bonchev–Trinajstić information content (AvgIpc) is 3.52. The summed E-state index contributed by atoms with van der Waals surface area (Å²) in [7, 11) is 0. The van der Waals surface area contributed by atoms with Gasteiger partial charge < -0.3 is 0 Å². The van der Waals surface area contributed by atoms with E-state index in [1.54, 1.807) is 0 Å². The Morgan fingerprint density at radius 3 is 1.12 bits per heavy atom. The van der Waals surface area contributed by atoms with Crippen molar-refractivity contribution < 1.29 is 0 Å². The normalized spacial score (nSPS) is 13.0. The lowest BCUT2D eigenvalue weighted by molar-refractivity contribution is 0.641. The fraction of sp³-hybridized carbons (Fsp3) is 0.130. The number of benzene rings is 5. The number of allylic oxidation sites excluding steroid dienone is 4. The Morgan fingerprint density at radius 2 is 0.731 bits per heavy atom. The molecule has 0 radical (unpaired) electrons. The van der Waals surface area contributed by atoms with Crippen LogP contribution in [0.15, 0.2) is 158 Å². The molecule has 0 fully saturated rings. The van der Waals surface area contributed by atoms with Crippen LogP contribution in [-0.4, -0.2) is 29.9 Å². The zero-order chi connectivity index (χ0) is 35.3. The van der Waals surface area contributed by atoms with Crippen LogP contribution < -0.4 is 0 Å². The molecule has 0 aliphatic heterocycles. The van der Waals surface area contributed by atoms with E-state index in [9.17, 15) is 0 Å². The lowest BCUT2D eigenvalue weighted by Gasteiger charge is -2.26. The molecule has 1 aliphatic carbocycles. The quantitative estimate of drug-likeness (QED) is 0.160. The van der Waals surface area contributed by atoms with Crippen molar-refractivity contribution in [3.8, 4) is 56.9 Å². The number of rotatable bonds is 8. The molecule has 252 valence electrons. The molecule has 0 spiro atoms. The largest absolute Gasteiger partial charge is 0.208 e. The molecule has 52 heavy (non-hydrogen) atoms. The number of aromatic nitrogens is 6. The fourth-order valence-electron chi connectivity index (χ4n) is 6.46. The summed E-state index contributed by atoms with van der Waals surface area (Å²) in [5.74, 6) is 3.99. The minimum atomic E-state index is -0.268. The summed E-state index contributed by atoms with van der Waals surface area (Å²) in [4.78, 5) is 29.5. The summed E-state index contributed by atoms with van der Waals surface area (Å²) in [6.07, 6.45) is 9.79. The van der Waals surface area contributed by atoms with E-state index in [0.29, 0.717) is 34.9 Å². The van der Waals surface area contributed by atoms with E-state index in [1.807, 2.05) is 91.0 Å². The predicted molar refractivity (Wildman–Crippen MR) is 210 cm³/mol. The highest BCUT2D eigenvalue weighted by molar-refractivity contribution is 5.73. The Balaban J connectivity index is 1.10. The molecule has 0 amide bonds. The zero-order valence-electron chi connectivity index (χ0n) is 29.3. The minimum Gasteiger partial charge on any atom is -0.208 e. The summed E-state index contributed by atoms with van der Waals surface area (Å²) in [6, 6.07) is 47.4. The molecule has 7 aromatic rings. The molecule has 6 heteroatoms. The second-order valence-corrected chi connectivity index (χ2v) is 13.5. The summed E-state index contributed by atoms with van der Waals surface area (Å²) < 4.78 is 0. The highest BCUT2D eigenvalue weighted by atomic mass is 15.0. The van der Waals surface area contributed by atoms with Gasteiger partial charge in [0, 0.05) is 38.8 Å². The maximum absolute atomic E-state index is 4.98. The van der Waals surface area contributed by atoms with E-state index in [4.69, 9.17) is 29.9 Å². The second kappa shape index (κ2) is 14.4. The Morgan fingerprint density at radius 1 is 0.385 bits per heavy atom. The van der Waals surface area contributed by atoms with Crippen LogP contribution in [-0.2, 0) is 5.41 Å². The third-order valence-corrected chi connectivity index (χ3v) is 9.59. The second-order valence-electron chi connectivity index (χ2n) is 13.5. The van der Waals surface area contributed by atoms with Crippen LogP contribution in [0.4, 0.5) is 0 Å². The Hall–Kier alpha value is -6.40. The topological polar surface area (TPSA) is 77.3 Å². The molecule has 0 bridgehead atoms. The van der Waals surface area contributed by atoms with Gasteiger partial charge in [0.05, 0.1) is 0 Å². The molecule has 6 nitrogen and oxygen atoms in total. The monoisotopic (exact) mass is 674 g/mol. The van der Waals surface area contributed by atoms with Crippen molar-refractivity contribution in [2.24, 2.45) is 0 Å². The van der Waals surface area contributed by atoms with Crippen molar-refractivity contribution in [2.75, 3.05) is 0 Å². The van der Waals surface area contributed by atoms with Gasteiger partial charge in [0.1, 0.15) is 0 Å². The third-order valence-electron chi connectivity index (χ3n) is 9.59. The summed E-state index contributed by atoms with van der Waals surface area (Å²) in [5, 5.41) is 0. The number of nitrogens with zero attached hydrogens (tertiary/aromatic N) is 6. The first kappa shape index (κ1) is 32.8. The maximum atomic E-state index is 4.98. The molecule has 0 unspecified atom stereocenters. The van der Waals surface area contributed by atoms with Gasteiger partial charge in [-0.1, -0.05) is 172 Å². The van der Waals surface area contributed by atoms with E-state index < -0.39 is 0 Å². The molecule has 8 rings (SSSR count). The first-order chi connectivity index (χ1) is 25.5. The van der Waals surface area contributed by atoms with Crippen molar-refractivity contribution in [1.29, 1.82) is 0 Å². The summed E-state index contributed by atoms with van der Waals surface area (Å²) in [5.41, 5.74) is 7.91. The molecule has 0 atom stereocenters. The molecule has 2 aromatic heterocycles. The van der Waals surface area contributed by atoms with Gasteiger partial charge in [0.25, 0.3) is 0 Å². The van der Waals surface area contributed by atoms with E-state index in [-0.39, 0.29) is 5.41 Å².